The second-order valence-corrected chi connectivity index (χ2v) is 5.90. The molecule has 2 amide bonds. The minimum absolute atomic E-state index is 0.229. The second-order valence-electron chi connectivity index (χ2n) is 3.45. The lowest BCUT2D eigenvalue weighted by atomic mass is 10.1. The molecule has 0 saturated carbocycles. The Kier molecular flexibility index (Phi) is 4.06. The van der Waals surface area contributed by atoms with Gasteiger partial charge in [-0.2, -0.15) is 0 Å². The number of imide groups is 1. The van der Waals surface area contributed by atoms with Crippen molar-refractivity contribution in [2.45, 2.75) is 0 Å². The molecule has 1 aromatic heterocycles. The van der Waals surface area contributed by atoms with Gasteiger partial charge in [-0.05, 0) is 40.2 Å². The van der Waals surface area contributed by atoms with Crippen molar-refractivity contribution in [3.05, 3.63) is 51.3 Å². The van der Waals surface area contributed by atoms with Crippen LogP contribution in [0.3, 0.4) is 0 Å². The van der Waals surface area contributed by atoms with Gasteiger partial charge in [-0.15, -0.1) is 11.3 Å². The number of nitrogens with zero attached hydrogens (tertiary/aromatic N) is 1. The van der Waals surface area contributed by atoms with Crippen molar-refractivity contribution in [1.82, 2.24) is 0 Å². The third-order valence-electron chi connectivity index (χ3n) is 2.30. The molecule has 19 heavy (non-hydrogen) atoms. The molecule has 1 aromatic carbocycles. The SMILES string of the molecule is O=CN(C(=O)c1c(F)cccc1F)c1ccc(Br)s1. The van der Waals surface area contributed by atoms with Crippen LogP contribution in [0.15, 0.2) is 34.1 Å². The van der Waals surface area contributed by atoms with E-state index in [4.69, 9.17) is 0 Å². The summed E-state index contributed by atoms with van der Waals surface area (Å²) in [5, 5.41) is 0.273. The minimum Gasteiger partial charge on any atom is -0.278 e. The quantitative estimate of drug-likeness (QED) is 0.797. The van der Waals surface area contributed by atoms with Gasteiger partial charge in [0.05, 0.1) is 3.79 Å². The Bertz CT molecular complexity index is 624. The number of halogens is 3. The van der Waals surface area contributed by atoms with Gasteiger partial charge >= 0.3 is 0 Å². The van der Waals surface area contributed by atoms with Crippen LogP contribution in [-0.2, 0) is 4.79 Å². The summed E-state index contributed by atoms with van der Waals surface area (Å²) >= 11 is 4.28. The van der Waals surface area contributed by atoms with Gasteiger partial charge in [-0.1, -0.05) is 6.07 Å². The van der Waals surface area contributed by atoms with Crippen LogP contribution in [0.5, 0.6) is 0 Å². The highest BCUT2D eigenvalue weighted by Gasteiger charge is 2.24. The van der Waals surface area contributed by atoms with Gasteiger partial charge in [-0.25, -0.2) is 13.7 Å². The molecule has 0 spiro atoms. The van der Waals surface area contributed by atoms with Crippen LogP contribution in [0.25, 0.3) is 0 Å². The van der Waals surface area contributed by atoms with Crippen LogP contribution in [0, 0.1) is 11.6 Å². The van der Waals surface area contributed by atoms with Crippen molar-refractivity contribution in [2.24, 2.45) is 0 Å². The first kappa shape index (κ1) is 13.8. The van der Waals surface area contributed by atoms with E-state index < -0.39 is 23.1 Å². The van der Waals surface area contributed by atoms with Crippen LogP contribution in [0.2, 0.25) is 0 Å². The topological polar surface area (TPSA) is 37.4 Å². The van der Waals surface area contributed by atoms with Crippen molar-refractivity contribution < 1.29 is 18.4 Å². The predicted molar refractivity (Wildman–Crippen MR) is 71.3 cm³/mol. The van der Waals surface area contributed by atoms with E-state index in [2.05, 4.69) is 15.9 Å². The van der Waals surface area contributed by atoms with Gasteiger partial charge in [0.1, 0.15) is 22.2 Å². The lowest BCUT2D eigenvalue weighted by Gasteiger charge is -2.14. The molecular formula is C12H6BrF2NO2S. The summed E-state index contributed by atoms with van der Waals surface area (Å²) in [5.41, 5.74) is -0.751. The largest absolute Gasteiger partial charge is 0.278 e. The maximum atomic E-state index is 13.5. The molecule has 3 nitrogen and oxygen atoms in total. The lowest BCUT2D eigenvalue weighted by Crippen LogP contribution is -2.30. The summed E-state index contributed by atoms with van der Waals surface area (Å²) in [4.78, 5) is 23.7. The summed E-state index contributed by atoms with van der Waals surface area (Å²) < 4.78 is 27.7. The highest BCUT2D eigenvalue weighted by Crippen LogP contribution is 2.30. The summed E-state index contributed by atoms with van der Waals surface area (Å²) in [5.74, 6) is -3.06. The van der Waals surface area contributed by atoms with Crippen LogP contribution in [0.1, 0.15) is 10.4 Å². The highest BCUT2D eigenvalue weighted by molar-refractivity contribution is 9.11. The molecule has 0 radical (unpaired) electrons. The normalized spacial score (nSPS) is 10.3. The number of carbonyl (C=O) groups excluding carboxylic acids is 2. The highest BCUT2D eigenvalue weighted by atomic mass is 79.9. The maximum absolute atomic E-state index is 13.5. The Morgan fingerprint density at radius 2 is 1.84 bits per heavy atom. The van der Waals surface area contributed by atoms with Crippen LogP contribution < -0.4 is 4.90 Å². The molecule has 0 saturated heterocycles. The molecule has 0 bridgehead atoms. The Morgan fingerprint density at radius 3 is 2.32 bits per heavy atom. The van der Waals surface area contributed by atoms with Crippen molar-refractivity contribution in [1.29, 1.82) is 0 Å². The van der Waals surface area contributed by atoms with Gasteiger partial charge in [0.2, 0.25) is 6.41 Å². The molecule has 2 aromatic rings. The van der Waals surface area contributed by atoms with Gasteiger partial charge in [0.15, 0.2) is 0 Å². The Balaban J connectivity index is 2.45. The van der Waals surface area contributed by atoms with E-state index >= 15 is 0 Å². The third-order valence-corrected chi connectivity index (χ3v) is 3.92. The molecule has 7 heteroatoms. The number of thiophene rings is 1. The van der Waals surface area contributed by atoms with E-state index in [9.17, 15) is 18.4 Å². The van der Waals surface area contributed by atoms with Gasteiger partial charge < -0.3 is 0 Å². The summed E-state index contributed by atoms with van der Waals surface area (Å²) in [6.45, 7) is 0. The maximum Gasteiger partial charge on any atom is 0.271 e. The molecule has 0 fully saturated rings. The lowest BCUT2D eigenvalue weighted by molar-refractivity contribution is -0.106. The van der Waals surface area contributed by atoms with Crippen LogP contribution >= 0.6 is 27.3 Å². The Labute approximate surface area is 119 Å². The molecular weight excluding hydrogens is 340 g/mol. The van der Waals surface area contributed by atoms with Gasteiger partial charge in [0.25, 0.3) is 5.91 Å². The molecule has 1 heterocycles. The molecule has 98 valence electrons. The Hall–Kier alpha value is -1.60. The zero-order valence-electron chi connectivity index (χ0n) is 9.27. The molecule has 0 aliphatic carbocycles. The fourth-order valence-electron chi connectivity index (χ4n) is 1.46. The van der Waals surface area contributed by atoms with E-state index in [1.54, 1.807) is 6.07 Å². The number of benzene rings is 1. The molecule has 2 rings (SSSR count). The molecule has 0 unspecified atom stereocenters. The minimum atomic E-state index is -1.04. The van der Waals surface area contributed by atoms with E-state index in [1.807, 2.05) is 0 Å². The van der Waals surface area contributed by atoms with Gasteiger partial charge in [0, 0.05) is 0 Å². The standard InChI is InChI=1S/C12H6BrF2NO2S/c13-9-4-5-10(19-9)16(6-17)12(18)11-7(14)2-1-3-8(11)15/h1-6H. The number of hydrogen-bond donors (Lipinski definition) is 0. The van der Waals surface area contributed by atoms with Crippen molar-refractivity contribution in [3.63, 3.8) is 0 Å². The molecule has 0 N–H and O–H groups in total. The first-order chi connectivity index (χ1) is 9.04. The fraction of sp³-hybridized carbons (Fsp3) is 0. The summed E-state index contributed by atoms with van der Waals surface area (Å²) in [6, 6.07) is 6.20. The molecule has 0 atom stereocenters. The average Bonchev–Trinajstić information content (AvgIpc) is 2.76. The Morgan fingerprint density at radius 1 is 1.21 bits per heavy atom. The van der Waals surface area contributed by atoms with Crippen molar-refractivity contribution in [3.8, 4) is 0 Å². The van der Waals surface area contributed by atoms with E-state index in [1.165, 1.54) is 6.07 Å². The number of rotatable bonds is 3. The van der Waals surface area contributed by atoms with E-state index in [0.717, 1.165) is 29.5 Å². The monoisotopic (exact) mass is 345 g/mol. The predicted octanol–water partition coefficient (Wildman–Crippen LogP) is 3.59. The third kappa shape index (κ3) is 2.71. The van der Waals surface area contributed by atoms with Gasteiger partial charge in [-0.3, -0.25) is 9.59 Å². The summed E-state index contributed by atoms with van der Waals surface area (Å²) in [7, 11) is 0. The molecule has 0 aliphatic heterocycles. The van der Waals surface area contributed by atoms with Crippen molar-refractivity contribution >= 4 is 44.6 Å². The number of carbonyl (C=O) groups is 2. The smallest absolute Gasteiger partial charge is 0.271 e. The fourth-order valence-corrected chi connectivity index (χ4v) is 2.78. The zero-order chi connectivity index (χ0) is 14.0. The van der Waals surface area contributed by atoms with Crippen LogP contribution in [0.4, 0.5) is 13.8 Å². The van der Waals surface area contributed by atoms with E-state index in [0.29, 0.717) is 8.69 Å². The number of hydrogen-bond acceptors (Lipinski definition) is 3. The summed E-state index contributed by atoms with van der Waals surface area (Å²) in [6.07, 6.45) is 0.229. The second kappa shape index (κ2) is 5.58. The first-order valence-corrected chi connectivity index (χ1v) is 6.63. The zero-order valence-corrected chi connectivity index (χ0v) is 11.7. The first-order valence-electron chi connectivity index (χ1n) is 5.03. The number of amides is 2. The van der Waals surface area contributed by atoms with E-state index in [-0.39, 0.29) is 11.4 Å². The molecule has 0 aliphatic rings. The van der Waals surface area contributed by atoms with Crippen molar-refractivity contribution in [2.75, 3.05) is 4.90 Å². The number of anilines is 1. The average molecular weight is 346 g/mol. The van der Waals surface area contributed by atoms with Crippen LogP contribution in [-0.4, -0.2) is 12.3 Å².